The Bertz CT molecular complexity index is 928. The summed E-state index contributed by atoms with van der Waals surface area (Å²) in [4.78, 5) is 13.9. The van der Waals surface area contributed by atoms with E-state index in [1.165, 1.54) is 109 Å². The minimum atomic E-state index is -0.415. The summed E-state index contributed by atoms with van der Waals surface area (Å²) in [6.45, 7) is 4.27. The molecule has 0 aromatic heterocycles. The minimum Gasteiger partial charge on any atom is -0.462 e. The first-order chi connectivity index (χ1) is 22.9. The molecule has 0 radical (unpaired) electrons. The lowest BCUT2D eigenvalue weighted by Crippen LogP contribution is -2.31. The number of ether oxygens (including phenoxy) is 2. The van der Waals surface area contributed by atoms with Crippen LogP contribution < -0.4 is 0 Å². The van der Waals surface area contributed by atoms with Crippen molar-refractivity contribution in [2.75, 3.05) is 0 Å². The number of aliphatic hydroxyl groups excluding tert-OH is 2. The number of cyclic esters (lactones) is 1. The maximum Gasteiger partial charge on any atom is 0.322 e. The van der Waals surface area contributed by atoms with Crippen LogP contribution in [0, 0.1) is 0 Å². The summed E-state index contributed by atoms with van der Waals surface area (Å²) in [6, 6.07) is 10.3. The van der Waals surface area contributed by atoms with E-state index in [1.54, 1.807) is 11.8 Å². The quantitative estimate of drug-likeness (QED) is 0.0680. The van der Waals surface area contributed by atoms with Gasteiger partial charge >= 0.3 is 5.97 Å². The van der Waals surface area contributed by atoms with Crippen molar-refractivity contribution in [1.82, 2.24) is 0 Å². The Balaban J connectivity index is 1.10. The largest absolute Gasteiger partial charge is 0.462 e. The highest BCUT2D eigenvalue weighted by Crippen LogP contribution is 2.46. The van der Waals surface area contributed by atoms with E-state index in [9.17, 15) is 15.0 Å². The minimum absolute atomic E-state index is 0.0136. The zero-order chi connectivity index (χ0) is 33.6. The molecule has 6 heteroatoms. The van der Waals surface area contributed by atoms with Gasteiger partial charge in [-0.25, -0.2) is 0 Å². The van der Waals surface area contributed by atoms with Crippen LogP contribution in [-0.2, 0) is 14.3 Å². The van der Waals surface area contributed by atoms with Gasteiger partial charge in [-0.15, -0.1) is 11.8 Å². The van der Waals surface area contributed by atoms with E-state index in [4.69, 9.17) is 9.47 Å². The summed E-state index contributed by atoms with van der Waals surface area (Å²) in [5, 5.41) is 21.3. The Morgan fingerprint density at radius 1 is 0.702 bits per heavy atom. The van der Waals surface area contributed by atoms with Crippen molar-refractivity contribution in [2.45, 2.75) is 221 Å². The number of esters is 1. The fourth-order valence-electron chi connectivity index (χ4n) is 7.58. The molecule has 1 aromatic carbocycles. The summed E-state index contributed by atoms with van der Waals surface area (Å²) >= 11 is 1.71. The third-order valence-corrected chi connectivity index (χ3v) is 11.9. The van der Waals surface area contributed by atoms with Gasteiger partial charge in [-0.2, -0.15) is 0 Å². The van der Waals surface area contributed by atoms with E-state index in [-0.39, 0.29) is 36.5 Å². The first-order valence-corrected chi connectivity index (χ1v) is 20.7. The third kappa shape index (κ3) is 16.0. The van der Waals surface area contributed by atoms with Gasteiger partial charge in [-0.05, 0) is 51.2 Å². The van der Waals surface area contributed by atoms with Gasteiger partial charge in [0.1, 0.15) is 10.9 Å². The number of hydrogen-bond donors (Lipinski definition) is 2. The molecule has 2 aliphatic heterocycles. The molecule has 0 amide bonds. The molecule has 2 N–H and O–H groups in total. The van der Waals surface area contributed by atoms with Crippen LogP contribution in [0.25, 0.3) is 0 Å². The first kappa shape index (κ1) is 40.4. The molecule has 0 aliphatic carbocycles. The molecular weight excluding hydrogens is 605 g/mol. The number of carbonyl (C=O) groups excluding carboxylic acids is 1. The van der Waals surface area contributed by atoms with E-state index in [0.717, 1.165) is 62.7 Å². The van der Waals surface area contributed by atoms with Gasteiger partial charge < -0.3 is 19.7 Å². The fraction of sp³-hybridized carbons (Fsp3) is 0.829. The Kier molecular flexibility index (Phi) is 20.7. The molecule has 3 rings (SSSR count). The average Bonchev–Trinajstić information content (AvgIpc) is 3.67. The van der Waals surface area contributed by atoms with Crippen LogP contribution in [0.15, 0.2) is 35.2 Å². The Morgan fingerprint density at radius 2 is 1.15 bits per heavy atom. The maximum absolute atomic E-state index is 12.8. The van der Waals surface area contributed by atoms with Crippen LogP contribution in [0.4, 0.5) is 0 Å². The van der Waals surface area contributed by atoms with Crippen LogP contribution in [0.2, 0.25) is 0 Å². The summed E-state index contributed by atoms with van der Waals surface area (Å²) in [5.41, 5.74) is 0. The van der Waals surface area contributed by atoms with Gasteiger partial charge in [-0.3, -0.25) is 4.79 Å². The molecular formula is C41H70O5S. The van der Waals surface area contributed by atoms with Crippen LogP contribution in [0.3, 0.4) is 0 Å². The zero-order valence-corrected chi connectivity index (χ0v) is 31.0. The number of thioether (sulfide) groups is 1. The molecule has 1 unspecified atom stereocenters. The molecule has 0 saturated carbocycles. The van der Waals surface area contributed by atoms with Gasteiger partial charge in [0, 0.05) is 11.3 Å². The highest BCUT2D eigenvalue weighted by atomic mass is 32.2. The van der Waals surface area contributed by atoms with Crippen molar-refractivity contribution in [1.29, 1.82) is 0 Å². The van der Waals surface area contributed by atoms with Crippen molar-refractivity contribution in [3.63, 3.8) is 0 Å². The monoisotopic (exact) mass is 674 g/mol. The number of aliphatic hydroxyl groups is 2. The second-order valence-electron chi connectivity index (χ2n) is 14.8. The highest BCUT2D eigenvalue weighted by Gasteiger charge is 2.48. The number of unbranched alkanes of at least 4 members (excludes halogenated alkanes) is 18. The van der Waals surface area contributed by atoms with Crippen molar-refractivity contribution in [3.05, 3.63) is 30.3 Å². The molecule has 2 aliphatic rings. The van der Waals surface area contributed by atoms with E-state index in [0.29, 0.717) is 0 Å². The van der Waals surface area contributed by atoms with E-state index < -0.39 is 4.75 Å². The summed E-state index contributed by atoms with van der Waals surface area (Å²) in [6.07, 6.45) is 29.3. The predicted molar refractivity (Wildman–Crippen MR) is 197 cm³/mol. The van der Waals surface area contributed by atoms with Gasteiger partial charge in [0.15, 0.2) is 0 Å². The number of carbonyl (C=O) groups is 1. The summed E-state index contributed by atoms with van der Waals surface area (Å²) < 4.78 is 11.3. The fourth-order valence-corrected chi connectivity index (χ4v) is 9.02. The topological polar surface area (TPSA) is 76.0 Å². The first-order valence-electron chi connectivity index (χ1n) is 19.9. The molecule has 0 spiro atoms. The summed E-state index contributed by atoms with van der Waals surface area (Å²) in [5.74, 6) is -0.0217. The normalized spacial score (nSPS) is 24.1. The molecule has 2 heterocycles. The second kappa shape index (κ2) is 24.1. The average molecular weight is 675 g/mol. The Hall–Kier alpha value is -1.08. The SMILES string of the molecule is CCCCCCCCCC[C@@H](O)[C@H]1CC[C@@H]([C@@H](O)CCCCCCCCCCCCCCC2(Sc3ccccc3)C[C@H](C)OC2=O)O1. The van der Waals surface area contributed by atoms with Crippen LogP contribution in [0.1, 0.15) is 181 Å². The molecule has 1 aromatic rings. The lowest BCUT2D eigenvalue weighted by Gasteiger charge is -2.24. The lowest BCUT2D eigenvalue weighted by atomic mass is 9.96. The van der Waals surface area contributed by atoms with Crippen LogP contribution in [0.5, 0.6) is 0 Å². The van der Waals surface area contributed by atoms with Crippen molar-refractivity contribution in [3.8, 4) is 0 Å². The second-order valence-corrected chi connectivity index (χ2v) is 16.3. The van der Waals surface area contributed by atoms with Gasteiger partial charge in [0.25, 0.3) is 0 Å². The van der Waals surface area contributed by atoms with Crippen LogP contribution in [-0.4, -0.2) is 51.4 Å². The number of benzene rings is 1. The number of rotatable bonds is 28. The molecule has 270 valence electrons. The van der Waals surface area contributed by atoms with Crippen molar-refractivity contribution < 1.29 is 24.5 Å². The van der Waals surface area contributed by atoms with Gasteiger partial charge in [0.2, 0.25) is 0 Å². The van der Waals surface area contributed by atoms with E-state index >= 15 is 0 Å². The molecule has 2 saturated heterocycles. The summed E-state index contributed by atoms with van der Waals surface area (Å²) in [7, 11) is 0. The third-order valence-electron chi connectivity index (χ3n) is 10.5. The van der Waals surface area contributed by atoms with E-state index in [1.807, 2.05) is 25.1 Å². The van der Waals surface area contributed by atoms with Crippen molar-refractivity contribution >= 4 is 17.7 Å². The Morgan fingerprint density at radius 3 is 1.60 bits per heavy atom. The van der Waals surface area contributed by atoms with Gasteiger partial charge in [0.05, 0.1) is 24.4 Å². The Labute approximate surface area is 292 Å². The maximum atomic E-state index is 12.8. The molecule has 6 atom stereocenters. The lowest BCUT2D eigenvalue weighted by molar-refractivity contribution is -0.142. The zero-order valence-electron chi connectivity index (χ0n) is 30.2. The molecule has 5 nitrogen and oxygen atoms in total. The standard InChI is InChI=1S/C41H70O5S/c1-3-4-5-6-7-14-17-23-28-36(42)38-30-31-39(46-38)37(43)29-24-18-15-12-10-8-9-11-13-16-19-25-32-41(33-34(2)45-40(41)44)47-35-26-21-20-22-27-35/h20-22,26-27,34,36-39,42-43H,3-19,23-25,28-33H2,1-2H3/t34-,36+,37-,38+,39-,41?/m0/s1. The van der Waals surface area contributed by atoms with Gasteiger partial charge in [-0.1, -0.05) is 154 Å². The highest BCUT2D eigenvalue weighted by molar-refractivity contribution is 8.01. The van der Waals surface area contributed by atoms with Crippen LogP contribution >= 0.6 is 11.8 Å². The van der Waals surface area contributed by atoms with Crippen molar-refractivity contribution in [2.24, 2.45) is 0 Å². The predicted octanol–water partition coefficient (Wildman–Crippen LogP) is 11.1. The number of hydrogen-bond acceptors (Lipinski definition) is 6. The molecule has 0 bridgehead atoms. The van der Waals surface area contributed by atoms with E-state index in [2.05, 4.69) is 19.1 Å². The molecule has 2 fully saturated rings. The smallest absolute Gasteiger partial charge is 0.322 e. The molecule has 47 heavy (non-hydrogen) atoms.